The van der Waals surface area contributed by atoms with Gasteiger partial charge in [-0.25, -0.2) is 4.39 Å². The van der Waals surface area contributed by atoms with Gasteiger partial charge in [-0.1, -0.05) is 6.07 Å². The number of aliphatic carboxylic acids is 1. The van der Waals surface area contributed by atoms with Crippen LogP contribution in [0.15, 0.2) is 18.2 Å². The molecule has 0 fully saturated rings. The minimum atomic E-state index is -0.935. The molecule has 15 heavy (non-hydrogen) atoms. The van der Waals surface area contributed by atoms with Crippen LogP contribution in [0.25, 0.3) is 0 Å². The smallest absolute Gasteiger partial charge is 0.307 e. The Bertz CT molecular complexity index is 363. The largest absolute Gasteiger partial charge is 0.490 e. The first kappa shape index (κ1) is 11.5. The Kier molecular flexibility index (Phi) is 3.66. The third-order valence-corrected chi connectivity index (χ3v) is 1.94. The van der Waals surface area contributed by atoms with Crippen LogP contribution < -0.4 is 4.74 Å². The molecule has 0 spiro atoms. The van der Waals surface area contributed by atoms with Crippen molar-refractivity contribution in [3.05, 3.63) is 29.6 Å². The molecule has 0 aliphatic rings. The standard InChI is InChI=1S/C11H13FO3/c1-7-3-4-9(6-10(7)12)15-8(2)5-11(13)14/h3-4,6,8H,5H2,1-2H3,(H,13,14)/t8-/m1/s1. The molecular weight excluding hydrogens is 199 g/mol. The fourth-order valence-electron chi connectivity index (χ4n) is 1.17. The van der Waals surface area contributed by atoms with Crippen molar-refractivity contribution in [3.63, 3.8) is 0 Å². The van der Waals surface area contributed by atoms with Gasteiger partial charge >= 0.3 is 5.97 Å². The van der Waals surface area contributed by atoms with Gasteiger partial charge in [0.2, 0.25) is 0 Å². The molecule has 0 saturated carbocycles. The molecular formula is C11H13FO3. The Morgan fingerprint density at radius 2 is 2.27 bits per heavy atom. The molecule has 0 heterocycles. The highest BCUT2D eigenvalue weighted by atomic mass is 19.1. The van der Waals surface area contributed by atoms with Gasteiger partial charge < -0.3 is 9.84 Å². The maximum atomic E-state index is 13.1. The van der Waals surface area contributed by atoms with Crippen molar-refractivity contribution in [1.82, 2.24) is 0 Å². The summed E-state index contributed by atoms with van der Waals surface area (Å²) in [5, 5.41) is 8.51. The number of hydrogen-bond acceptors (Lipinski definition) is 2. The van der Waals surface area contributed by atoms with Gasteiger partial charge in [0.05, 0.1) is 6.42 Å². The Balaban J connectivity index is 2.64. The normalized spacial score (nSPS) is 12.2. The highest BCUT2D eigenvalue weighted by Gasteiger charge is 2.09. The van der Waals surface area contributed by atoms with E-state index in [1.165, 1.54) is 6.07 Å². The van der Waals surface area contributed by atoms with Crippen LogP contribution in [0.1, 0.15) is 18.9 Å². The zero-order valence-corrected chi connectivity index (χ0v) is 8.66. The maximum absolute atomic E-state index is 13.1. The minimum absolute atomic E-state index is 0.102. The highest BCUT2D eigenvalue weighted by molar-refractivity contribution is 5.67. The van der Waals surface area contributed by atoms with Crippen molar-refractivity contribution in [2.45, 2.75) is 26.4 Å². The van der Waals surface area contributed by atoms with Gasteiger partial charge in [-0.2, -0.15) is 0 Å². The van der Waals surface area contributed by atoms with E-state index in [-0.39, 0.29) is 12.2 Å². The summed E-state index contributed by atoms with van der Waals surface area (Å²) in [7, 11) is 0. The van der Waals surface area contributed by atoms with Gasteiger partial charge in [0.15, 0.2) is 0 Å². The maximum Gasteiger partial charge on any atom is 0.307 e. The van der Waals surface area contributed by atoms with E-state index in [0.29, 0.717) is 11.3 Å². The summed E-state index contributed by atoms with van der Waals surface area (Å²) in [4.78, 5) is 10.4. The number of carboxylic acids is 1. The van der Waals surface area contributed by atoms with E-state index in [2.05, 4.69) is 0 Å². The molecule has 0 saturated heterocycles. The van der Waals surface area contributed by atoms with Crippen LogP contribution in [-0.2, 0) is 4.79 Å². The van der Waals surface area contributed by atoms with Crippen LogP contribution in [0, 0.1) is 12.7 Å². The first-order valence-electron chi connectivity index (χ1n) is 4.63. The van der Waals surface area contributed by atoms with Crippen LogP contribution in [-0.4, -0.2) is 17.2 Å². The number of benzene rings is 1. The van der Waals surface area contributed by atoms with Gasteiger partial charge in [0.1, 0.15) is 17.7 Å². The van der Waals surface area contributed by atoms with Crippen molar-refractivity contribution in [3.8, 4) is 5.75 Å². The summed E-state index contributed by atoms with van der Waals surface area (Å²) in [6, 6.07) is 4.47. The molecule has 0 bridgehead atoms. The molecule has 1 rings (SSSR count). The molecule has 0 amide bonds. The second-order valence-electron chi connectivity index (χ2n) is 3.44. The fraction of sp³-hybridized carbons (Fsp3) is 0.364. The number of halogens is 1. The molecule has 0 aliphatic heterocycles. The molecule has 1 N–H and O–H groups in total. The molecule has 1 aromatic carbocycles. The van der Waals surface area contributed by atoms with E-state index in [9.17, 15) is 9.18 Å². The summed E-state index contributed by atoms with van der Waals surface area (Å²) in [5.41, 5.74) is 0.535. The van der Waals surface area contributed by atoms with Crippen LogP contribution in [0.3, 0.4) is 0 Å². The number of carboxylic acid groups (broad SMARTS) is 1. The molecule has 0 unspecified atom stereocenters. The van der Waals surface area contributed by atoms with E-state index >= 15 is 0 Å². The second kappa shape index (κ2) is 4.77. The Morgan fingerprint density at radius 1 is 1.60 bits per heavy atom. The Morgan fingerprint density at radius 3 is 2.80 bits per heavy atom. The first-order valence-corrected chi connectivity index (χ1v) is 4.63. The molecule has 1 aromatic rings. The van der Waals surface area contributed by atoms with Crippen molar-refractivity contribution in [2.75, 3.05) is 0 Å². The van der Waals surface area contributed by atoms with E-state index in [1.807, 2.05) is 0 Å². The van der Waals surface area contributed by atoms with E-state index in [1.54, 1.807) is 26.0 Å². The fourth-order valence-corrected chi connectivity index (χ4v) is 1.17. The summed E-state index contributed by atoms with van der Waals surface area (Å²) in [6.45, 7) is 3.28. The molecule has 0 radical (unpaired) electrons. The van der Waals surface area contributed by atoms with Crippen LogP contribution in [0.2, 0.25) is 0 Å². The number of rotatable bonds is 4. The summed E-state index contributed by atoms with van der Waals surface area (Å²) in [6.07, 6.45) is -0.570. The monoisotopic (exact) mass is 212 g/mol. The van der Waals surface area contributed by atoms with Crippen molar-refractivity contribution < 1.29 is 19.0 Å². The van der Waals surface area contributed by atoms with Gasteiger partial charge in [-0.05, 0) is 25.5 Å². The first-order chi connectivity index (χ1) is 6.99. The lowest BCUT2D eigenvalue weighted by Crippen LogP contribution is -2.16. The number of ether oxygens (including phenoxy) is 1. The average molecular weight is 212 g/mol. The predicted molar refractivity (Wildman–Crippen MR) is 53.5 cm³/mol. The average Bonchev–Trinajstić information content (AvgIpc) is 2.10. The highest BCUT2D eigenvalue weighted by Crippen LogP contribution is 2.17. The van der Waals surface area contributed by atoms with Gasteiger partial charge in [-0.3, -0.25) is 4.79 Å². The lowest BCUT2D eigenvalue weighted by atomic mass is 10.2. The zero-order chi connectivity index (χ0) is 11.4. The van der Waals surface area contributed by atoms with E-state index in [0.717, 1.165) is 0 Å². The minimum Gasteiger partial charge on any atom is -0.490 e. The van der Waals surface area contributed by atoms with Gasteiger partial charge in [0.25, 0.3) is 0 Å². The van der Waals surface area contributed by atoms with Crippen LogP contribution in [0.5, 0.6) is 5.75 Å². The quantitative estimate of drug-likeness (QED) is 0.833. The number of carbonyl (C=O) groups is 1. The number of aryl methyl sites for hydroxylation is 1. The molecule has 82 valence electrons. The number of hydrogen-bond donors (Lipinski definition) is 1. The van der Waals surface area contributed by atoms with E-state index in [4.69, 9.17) is 9.84 Å². The third-order valence-electron chi connectivity index (χ3n) is 1.94. The molecule has 4 heteroatoms. The van der Waals surface area contributed by atoms with E-state index < -0.39 is 12.1 Å². The molecule has 0 aromatic heterocycles. The Hall–Kier alpha value is -1.58. The summed E-state index contributed by atoms with van der Waals surface area (Å²) < 4.78 is 18.3. The summed E-state index contributed by atoms with van der Waals surface area (Å²) >= 11 is 0. The summed E-state index contributed by atoms with van der Waals surface area (Å²) in [5.74, 6) is -0.933. The topological polar surface area (TPSA) is 46.5 Å². The Labute approximate surface area is 87.5 Å². The second-order valence-corrected chi connectivity index (χ2v) is 3.44. The van der Waals surface area contributed by atoms with Gasteiger partial charge in [-0.15, -0.1) is 0 Å². The SMILES string of the molecule is Cc1ccc(O[C@H](C)CC(=O)O)cc1F. The zero-order valence-electron chi connectivity index (χ0n) is 8.66. The predicted octanol–water partition coefficient (Wildman–Crippen LogP) is 2.38. The van der Waals surface area contributed by atoms with Crippen LogP contribution in [0.4, 0.5) is 4.39 Å². The van der Waals surface area contributed by atoms with Crippen molar-refractivity contribution in [2.24, 2.45) is 0 Å². The lowest BCUT2D eigenvalue weighted by molar-refractivity contribution is -0.138. The third kappa shape index (κ3) is 3.58. The van der Waals surface area contributed by atoms with Gasteiger partial charge in [0, 0.05) is 6.07 Å². The molecule has 1 atom stereocenters. The van der Waals surface area contributed by atoms with Crippen molar-refractivity contribution in [1.29, 1.82) is 0 Å². The molecule has 0 aliphatic carbocycles. The van der Waals surface area contributed by atoms with Crippen LogP contribution >= 0.6 is 0 Å². The van der Waals surface area contributed by atoms with Crippen molar-refractivity contribution >= 4 is 5.97 Å². The lowest BCUT2D eigenvalue weighted by Gasteiger charge is -2.12. The molecule has 3 nitrogen and oxygen atoms in total.